The van der Waals surface area contributed by atoms with Gasteiger partial charge >= 0.3 is 0 Å². The quantitative estimate of drug-likeness (QED) is 0.509. The summed E-state index contributed by atoms with van der Waals surface area (Å²) in [7, 11) is 0. The van der Waals surface area contributed by atoms with Crippen molar-refractivity contribution in [2.75, 3.05) is 18.1 Å². The summed E-state index contributed by atoms with van der Waals surface area (Å²) in [6, 6.07) is 10.6. The average Bonchev–Trinajstić information content (AvgIpc) is 2.35. The molecule has 0 aliphatic rings. The Bertz CT molecular complexity index is 581. The molecule has 0 fully saturated rings. The van der Waals surface area contributed by atoms with E-state index in [0.717, 1.165) is 16.4 Å². The monoisotopic (exact) mass is 291 g/mol. The van der Waals surface area contributed by atoms with Gasteiger partial charge < -0.3 is 10.5 Å². The minimum absolute atomic E-state index is 0.307. The van der Waals surface area contributed by atoms with Gasteiger partial charge in [-0.25, -0.2) is 4.39 Å². The van der Waals surface area contributed by atoms with Crippen LogP contribution in [0.5, 0.6) is 5.75 Å². The molecule has 0 spiro atoms. The molecule has 20 heavy (non-hydrogen) atoms. The van der Waals surface area contributed by atoms with E-state index in [1.54, 1.807) is 17.8 Å². The number of anilines is 1. The number of aryl methyl sites for hydroxylation is 2. The number of hydrogen-bond donors (Lipinski definition) is 1. The van der Waals surface area contributed by atoms with E-state index in [4.69, 9.17) is 10.5 Å². The first kappa shape index (κ1) is 14.7. The Morgan fingerprint density at radius 1 is 1.10 bits per heavy atom. The predicted molar refractivity (Wildman–Crippen MR) is 82.9 cm³/mol. The van der Waals surface area contributed by atoms with Gasteiger partial charge in [-0.3, -0.25) is 0 Å². The lowest BCUT2D eigenvalue weighted by Crippen LogP contribution is -2.01. The molecule has 0 amide bonds. The molecule has 0 atom stereocenters. The van der Waals surface area contributed by atoms with Crippen molar-refractivity contribution in [3.63, 3.8) is 0 Å². The highest BCUT2D eigenvalue weighted by Gasteiger charge is 2.02. The molecular weight excluding hydrogens is 273 g/mol. The molecule has 0 bridgehead atoms. The van der Waals surface area contributed by atoms with E-state index in [2.05, 4.69) is 6.07 Å². The number of hydrogen-bond acceptors (Lipinski definition) is 3. The van der Waals surface area contributed by atoms with Gasteiger partial charge in [-0.05, 0) is 55.3 Å². The summed E-state index contributed by atoms with van der Waals surface area (Å²) in [6.45, 7) is 4.69. The van der Waals surface area contributed by atoms with Crippen LogP contribution in [0.25, 0.3) is 0 Å². The lowest BCUT2D eigenvalue weighted by Gasteiger charge is -2.09. The molecule has 106 valence electrons. The van der Waals surface area contributed by atoms with E-state index >= 15 is 0 Å². The van der Waals surface area contributed by atoms with Gasteiger partial charge in [-0.2, -0.15) is 0 Å². The molecule has 0 unspecified atom stereocenters. The van der Waals surface area contributed by atoms with Crippen LogP contribution < -0.4 is 10.5 Å². The Morgan fingerprint density at radius 2 is 1.80 bits per heavy atom. The normalized spacial score (nSPS) is 10.6. The maximum absolute atomic E-state index is 12.9. The summed E-state index contributed by atoms with van der Waals surface area (Å²) in [5, 5.41) is 0. The van der Waals surface area contributed by atoms with E-state index < -0.39 is 0 Å². The Labute approximate surface area is 123 Å². The molecule has 0 aliphatic heterocycles. The Hall–Kier alpha value is -1.68. The number of rotatable bonds is 5. The van der Waals surface area contributed by atoms with Crippen LogP contribution in [-0.4, -0.2) is 12.4 Å². The number of nitrogen functional groups attached to an aromatic ring is 1. The summed E-state index contributed by atoms with van der Waals surface area (Å²) in [5.41, 5.74) is 8.61. The fourth-order valence-corrected chi connectivity index (χ4v) is 2.75. The topological polar surface area (TPSA) is 35.2 Å². The lowest BCUT2D eigenvalue weighted by atomic mass is 10.1. The molecular formula is C16H18FNOS. The maximum Gasteiger partial charge on any atom is 0.125 e. The fourth-order valence-electron chi connectivity index (χ4n) is 1.98. The molecule has 2 aromatic carbocycles. The van der Waals surface area contributed by atoms with E-state index in [1.807, 2.05) is 26.0 Å². The zero-order chi connectivity index (χ0) is 14.5. The van der Waals surface area contributed by atoms with Crippen LogP contribution in [0.1, 0.15) is 11.1 Å². The van der Waals surface area contributed by atoms with E-state index in [1.165, 1.54) is 23.3 Å². The third kappa shape index (κ3) is 4.17. The molecule has 0 aliphatic carbocycles. The molecule has 2 aromatic rings. The molecule has 2 nitrogen and oxygen atoms in total. The van der Waals surface area contributed by atoms with Gasteiger partial charge in [0.15, 0.2) is 0 Å². The van der Waals surface area contributed by atoms with Crippen molar-refractivity contribution in [1.82, 2.24) is 0 Å². The van der Waals surface area contributed by atoms with Crippen molar-refractivity contribution in [2.45, 2.75) is 18.7 Å². The molecule has 0 heterocycles. The van der Waals surface area contributed by atoms with E-state index in [0.29, 0.717) is 12.3 Å². The molecule has 2 N–H and O–H groups in total. The minimum Gasteiger partial charge on any atom is -0.493 e. The highest BCUT2D eigenvalue weighted by Crippen LogP contribution is 2.25. The zero-order valence-corrected chi connectivity index (χ0v) is 12.5. The lowest BCUT2D eigenvalue weighted by molar-refractivity contribution is 0.343. The molecule has 0 saturated carbocycles. The number of halogens is 1. The first-order chi connectivity index (χ1) is 9.54. The largest absolute Gasteiger partial charge is 0.493 e. The van der Waals surface area contributed by atoms with Crippen molar-refractivity contribution in [3.05, 3.63) is 53.3 Å². The van der Waals surface area contributed by atoms with Crippen LogP contribution in [0.4, 0.5) is 10.1 Å². The van der Waals surface area contributed by atoms with E-state index in [-0.39, 0.29) is 5.82 Å². The first-order valence-corrected chi connectivity index (χ1v) is 7.42. The van der Waals surface area contributed by atoms with Gasteiger partial charge in [0.25, 0.3) is 0 Å². The third-order valence-electron chi connectivity index (χ3n) is 2.78. The highest BCUT2D eigenvalue weighted by molar-refractivity contribution is 7.99. The van der Waals surface area contributed by atoms with Gasteiger partial charge in [0.05, 0.1) is 6.61 Å². The molecule has 2 rings (SSSR count). The van der Waals surface area contributed by atoms with Crippen LogP contribution in [0.2, 0.25) is 0 Å². The number of thioether (sulfide) groups is 1. The average molecular weight is 291 g/mol. The molecule has 0 radical (unpaired) electrons. The first-order valence-electron chi connectivity index (χ1n) is 6.43. The van der Waals surface area contributed by atoms with Gasteiger partial charge in [0, 0.05) is 16.3 Å². The van der Waals surface area contributed by atoms with Crippen molar-refractivity contribution >= 4 is 17.4 Å². The smallest absolute Gasteiger partial charge is 0.125 e. The van der Waals surface area contributed by atoms with Gasteiger partial charge in [0.1, 0.15) is 11.6 Å². The molecule has 0 aromatic heterocycles. The standard InChI is InChI=1S/C16H18FNOS/c1-11-7-12(2)9-14(8-11)19-5-6-20-16-4-3-13(17)10-15(16)18/h3-4,7-10H,5-6,18H2,1-2H3. The van der Waals surface area contributed by atoms with Crippen LogP contribution >= 0.6 is 11.8 Å². The second-order valence-corrected chi connectivity index (χ2v) is 5.84. The Balaban J connectivity index is 1.84. The van der Waals surface area contributed by atoms with Crippen molar-refractivity contribution in [3.8, 4) is 5.75 Å². The maximum atomic E-state index is 12.9. The summed E-state index contributed by atoms with van der Waals surface area (Å²) < 4.78 is 18.6. The summed E-state index contributed by atoms with van der Waals surface area (Å²) in [5.74, 6) is 1.34. The third-order valence-corrected chi connectivity index (χ3v) is 3.83. The van der Waals surface area contributed by atoms with Gasteiger partial charge in [0.2, 0.25) is 0 Å². The number of nitrogens with two attached hydrogens (primary N) is 1. The Morgan fingerprint density at radius 3 is 2.45 bits per heavy atom. The Kier molecular flexibility index (Phi) is 4.90. The summed E-state index contributed by atoms with van der Waals surface area (Å²) >= 11 is 1.57. The van der Waals surface area contributed by atoms with Crippen molar-refractivity contribution in [1.29, 1.82) is 0 Å². The van der Waals surface area contributed by atoms with E-state index in [9.17, 15) is 4.39 Å². The van der Waals surface area contributed by atoms with Crippen LogP contribution in [-0.2, 0) is 0 Å². The fraction of sp³-hybridized carbons (Fsp3) is 0.250. The molecule has 0 saturated heterocycles. The van der Waals surface area contributed by atoms with Crippen molar-refractivity contribution < 1.29 is 9.13 Å². The van der Waals surface area contributed by atoms with Gasteiger partial charge in [-0.15, -0.1) is 11.8 Å². The minimum atomic E-state index is -0.307. The van der Waals surface area contributed by atoms with Gasteiger partial charge in [-0.1, -0.05) is 6.07 Å². The SMILES string of the molecule is Cc1cc(C)cc(OCCSc2ccc(F)cc2N)c1. The van der Waals surface area contributed by atoms with Crippen molar-refractivity contribution in [2.24, 2.45) is 0 Å². The molecule has 4 heteroatoms. The van der Waals surface area contributed by atoms with Crippen LogP contribution in [0, 0.1) is 19.7 Å². The van der Waals surface area contributed by atoms with Crippen LogP contribution in [0.15, 0.2) is 41.3 Å². The second kappa shape index (κ2) is 6.66. The summed E-state index contributed by atoms with van der Waals surface area (Å²) in [6.07, 6.45) is 0. The zero-order valence-electron chi connectivity index (χ0n) is 11.7. The predicted octanol–water partition coefficient (Wildman–Crippen LogP) is 4.20. The number of ether oxygens (including phenoxy) is 1. The van der Waals surface area contributed by atoms with Crippen LogP contribution in [0.3, 0.4) is 0 Å². The summed E-state index contributed by atoms with van der Waals surface area (Å²) in [4.78, 5) is 0.885. The second-order valence-electron chi connectivity index (χ2n) is 4.70. The highest BCUT2D eigenvalue weighted by atomic mass is 32.2. The number of benzene rings is 2.